The van der Waals surface area contributed by atoms with Crippen molar-refractivity contribution in [2.45, 2.75) is 19.9 Å². The van der Waals surface area contributed by atoms with Crippen molar-refractivity contribution in [2.24, 2.45) is 5.73 Å². The van der Waals surface area contributed by atoms with Gasteiger partial charge in [0.15, 0.2) is 0 Å². The number of aromatic nitrogens is 2. The summed E-state index contributed by atoms with van der Waals surface area (Å²) >= 11 is 4.90. The summed E-state index contributed by atoms with van der Waals surface area (Å²) in [5.41, 5.74) is 8.07. The second-order valence-corrected chi connectivity index (χ2v) is 5.59. The van der Waals surface area contributed by atoms with Crippen LogP contribution in [0, 0.1) is 11.3 Å². The Hall–Kier alpha value is -2.98. The SMILES string of the molecule is CCOC(=O)CCn1cc(C=C(C#N)C(N)=S)c(-c2ccccc2)n1. The quantitative estimate of drug-likeness (QED) is 0.356. The number of ether oxygens (including phenoxy) is 1. The van der Waals surface area contributed by atoms with Crippen LogP contribution in [0.15, 0.2) is 42.1 Å². The van der Waals surface area contributed by atoms with Crippen molar-refractivity contribution in [3.8, 4) is 17.3 Å². The van der Waals surface area contributed by atoms with E-state index in [2.05, 4.69) is 5.10 Å². The predicted molar refractivity (Wildman–Crippen MR) is 99.3 cm³/mol. The van der Waals surface area contributed by atoms with Gasteiger partial charge in [0.05, 0.1) is 30.8 Å². The Morgan fingerprint density at radius 2 is 2.16 bits per heavy atom. The van der Waals surface area contributed by atoms with E-state index in [9.17, 15) is 10.1 Å². The average molecular weight is 354 g/mol. The van der Waals surface area contributed by atoms with E-state index in [0.717, 1.165) is 5.56 Å². The standard InChI is InChI=1S/C18H18N4O2S/c1-2-24-16(23)8-9-22-12-15(10-14(11-19)18(20)25)17(21-22)13-6-4-3-5-7-13/h3-7,10,12H,2,8-9H2,1H3,(H2,20,25). The van der Waals surface area contributed by atoms with Crippen LogP contribution in [0.25, 0.3) is 17.3 Å². The van der Waals surface area contributed by atoms with E-state index in [1.54, 1.807) is 23.9 Å². The topological polar surface area (TPSA) is 93.9 Å². The molecule has 128 valence electrons. The molecule has 7 heteroatoms. The molecule has 0 bridgehead atoms. The Labute approximate surface area is 151 Å². The number of nitrogens with two attached hydrogens (primary N) is 1. The van der Waals surface area contributed by atoms with Crippen LogP contribution in [-0.2, 0) is 16.1 Å². The maximum absolute atomic E-state index is 11.5. The van der Waals surface area contributed by atoms with Gasteiger partial charge in [0, 0.05) is 17.3 Å². The summed E-state index contributed by atoms with van der Waals surface area (Å²) in [6.07, 6.45) is 3.59. The molecule has 0 saturated carbocycles. The number of carbonyl (C=O) groups excluding carboxylic acids is 1. The second kappa shape index (κ2) is 8.76. The first-order valence-electron chi connectivity index (χ1n) is 7.75. The lowest BCUT2D eigenvalue weighted by molar-refractivity contribution is -0.143. The lowest BCUT2D eigenvalue weighted by Gasteiger charge is -2.02. The molecule has 0 aliphatic heterocycles. The summed E-state index contributed by atoms with van der Waals surface area (Å²) in [7, 11) is 0. The minimum absolute atomic E-state index is 0.0285. The van der Waals surface area contributed by atoms with Crippen LogP contribution in [0.1, 0.15) is 18.9 Å². The van der Waals surface area contributed by atoms with Crippen LogP contribution in [0.4, 0.5) is 0 Å². The van der Waals surface area contributed by atoms with Crippen LogP contribution >= 0.6 is 12.2 Å². The van der Waals surface area contributed by atoms with E-state index >= 15 is 0 Å². The van der Waals surface area contributed by atoms with Crippen LogP contribution in [0.3, 0.4) is 0 Å². The monoisotopic (exact) mass is 354 g/mol. The van der Waals surface area contributed by atoms with Gasteiger partial charge in [-0.3, -0.25) is 9.48 Å². The number of esters is 1. The van der Waals surface area contributed by atoms with Crippen molar-refractivity contribution in [2.75, 3.05) is 6.61 Å². The third-order valence-corrected chi connectivity index (χ3v) is 3.59. The van der Waals surface area contributed by atoms with Gasteiger partial charge in [-0.05, 0) is 13.0 Å². The number of hydrogen-bond acceptors (Lipinski definition) is 5. The van der Waals surface area contributed by atoms with E-state index in [-0.39, 0.29) is 23.0 Å². The number of nitriles is 1. The molecule has 0 radical (unpaired) electrons. The molecule has 0 amide bonds. The van der Waals surface area contributed by atoms with Gasteiger partial charge in [-0.2, -0.15) is 10.4 Å². The fourth-order valence-electron chi connectivity index (χ4n) is 2.23. The molecular formula is C18H18N4O2S. The first kappa shape index (κ1) is 18.4. The van der Waals surface area contributed by atoms with Crippen molar-refractivity contribution in [3.05, 3.63) is 47.7 Å². The largest absolute Gasteiger partial charge is 0.466 e. The Morgan fingerprint density at radius 3 is 2.76 bits per heavy atom. The molecule has 0 saturated heterocycles. The molecule has 0 aliphatic carbocycles. The molecule has 2 rings (SSSR count). The van der Waals surface area contributed by atoms with Gasteiger partial charge in [0.1, 0.15) is 11.1 Å². The molecule has 0 atom stereocenters. The van der Waals surface area contributed by atoms with Crippen LogP contribution < -0.4 is 5.73 Å². The molecule has 0 spiro atoms. The molecule has 1 aromatic heterocycles. The summed E-state index contributed by atoms with van der Waals surface area (Å²) in [5, 5.41) is 13.7. The summed E-state index contributed by atoms with van der Waals surface area (Å²) in [4.78, 5) is 11.6. The summed E-state index contributed by atoms with van der Waals surface area (Å²) in [6.45, 7) is 2.49. The number of benzene rings is 1. The highest BCUT2D eigenvalue weighted by atomic mass is 32.1. The van der Waals surface area contributed by atoms with E-state index in [1.165, 1.54) is 0 Å². The molecular weight excluding hydrogens is 336 g/mol. The van der Waals surface area contributed by atoms with Crippen molar-refractivity contribution in [1.29, 1.82) is 5.26 Å². The van der Waals surface area contributed by atoms with E-state index in [4.69, 9.17) is 22.7 Å². The van der Waals surface area contributed by atoms with Crippen LogP contribution in [0.5, 0.6) is 0 Å². The minimum atomic E-state index is -0.280. The third kappa shape index (κ3) is 4.99. The maximum atomic E-state index is 11.5. The van der Waals surface area contributed by atoms with Gasteiger partial charge in [-0.25, -0.2) is 0 Å². The smallest absolute Gasteiger partial charge is 0.307 e. The summed E-state index contributed by atoms with van der Waals surface area (Å²) < 4.78 is 6.58. The fraction of sp³-hybridized carbons (Fsp3) is 0.222. The number of nitrogens with zero attached hydrogens (tertiary/aromatic N) is 3. The van der Waals surface area contributed by atoms with Crippen LogP contribution in [-0.4, -0.2) is 27.3 Å². The molecule has 25 heavy (non-hydrogen) atoms. The first-order chi connectivity index (χ1) is 12.0. The highest BCUT2D eigenvalue weighted by molar-refractivity contribution is 7.80. The van der Waals surface area contributed by atoms with Crippen molar-refractivity contribution >= 4 is 29.3 Å². The normalized spacial score (nSPS) is 11.0. The number of rotatable bonds is 7. The average Bonchev–Trinajstić information content (AvgIpc) is 3.01. The van der Waals surface area contributed by atoms with E-state index in [1.807, 2.05) is 36.4 Å². The molecule has 6 nitrogen and oxygen atoms in total. The Bertz CT molecular complexity index is 835. The third-order valence-electron chi connectivity index (χ3n) is 3.37. The van der Waals surface area contributed by atoms with Gasteiger partial charge in [-0.15, -0.1) is 0 Å². The maximum Gasteiger partial charge on any atom is 0.307 e. The Kier molecular flexibility index (Phi) is 6.43. The van der Waals surface area contributed by atoms with Gasteiger partial charge >= 0.3 is 5.97 Å². The first-order valence-corrected chi connectivity index (χ1v) is 8.16. The number of aryl methyl sites for hydroxylation is 1. The summed E-state index contributed by atoms with van der Waals surface area (Å²) in [6, 6.07) is 11.5. The molecule has 2 N–H and O–H groups in total. The highest BCUT2D eigenvalue weighted by Crippen LogP contribution is 2.24. The predicted octanol–water partition coefficient (Wildman–Crippen LogP) is 2.70. The zero-order valence-corrected chi connectivity index (χ0v) is 14.6. The molecule has 1 heterocycles. The molecule has 2 aromatic rings. The fourth-order valence-corrected chi connectivity index (χ4v) is 2.33. The lowest BCUT2D eigenvalue weighted by Crippen LogP contribution is -2.09. The van der Waals surface area contributed by atoms with E-state index in [0.29, 0.717) is 24.4 Å². The highest BCUT2D eigenvalue weighted by Gasteiger charge is 2.12. The number of thiocarbonyl (C=S) groups is 1. The Balaban J connectivity index is 2.37. The van der Waals surface area contributed by atoms with Gasteiger partial charge in [0.2, 0.25) is 0 Å². The molecule has 0 unspecified atom stereocenters. The molecule has 0 aliphatic rings. The number of carbonyl (C=O) groups is 1. The van der Waals surface area contributed by atoms with Gasteiger partial charge in [0.25, 0.3) is 0 Å². The zero-order valence-electron chi connectivity index (χ0n) is 13.8. The Morgan fingerprint density at radius 1 is 1.44 bits per heavy atom. The minimum Gasteiger partial charge on any atom is -0.466 e. The summed E-state index contributed by atoms with van der Waals surface area (Å²) in [5.74, 6) is -0.280. The van der Waals surface area contributed by atoms with Gasteiger partial charge in [-0.1, -0.05) is 42.5 Å². The molecule has 0 fully saturated rings. The van der Waals surface area contributed by atoms with Crippen LogP contribution in [0.2, 0.25) is 0 Å². The molecule has 1 aromatic carbocycles. The second-order valence-electron chi connectivity index (χ2n) is 5.15. The van der Waals surface area contributed by atoms with Crippen molar-refractivity contribution in [1.82, 2.24) is 9.78 Å². The van der Waals surface area contributed by atoms with E-state index < -0.39 is 0 Å². The zero-order chi connectivity index (χ0) is 18.2. The van der Waals surface area contributed by atoms with Gasteiger partial charge < -0.3 is 10.5 Å². The number of hydrogen-bond donors (Lipinski definition) is 1. The lowest BCUT2D eigenvalue weighted by atomic mass is 10.1. The van der Waals surface area contributed by atoms with Crippen molar-refractivity contribution < 1.29 is 9.53 Å². The van der Waals surface area contributed by atoms with Crippen molar-refractivity contribution in [3.63, 3.8) is 0 Å².